The van der Waals surface area contributed by atoms with Crippen LogP contribution in [0.5, 0.6) is 5.75 Å². The van der Waals surface area contributed by atoms with Crippen LogP contribution in [0.25, 0.3) is 0 Å². The van der Waals surface area contributed by atoms with Crippen LogP contribution in [-0.2, 0) is 0 Å². The highest BCUT2D eigenvalue weighted by molar-refractivity contribution is 5.95. The SMILES string of the molecule is COc1ccc(N2CCN(C(C)(C)C)C2=O)cc1[N+](=O)[O-]. The number of rotatable bonds is 3. The molecule has 21 heavy (non-hydrogen) atoms. The van der Waals surface area contributed by atoms with Crippen molar-refractivity contribution in [3.05, 3.63) is 28.3 Å². The van der Waals surface area contributed by atoms with E-state index in [-0.39, 0.29) is 23.0 Å². The van der Waals surface area contributed by atoms with E-state index in [2.05, 4.69) is 0 Å². The van der Waals surface area contributed by atoms with Gasteiger partial charge in [-0.3, -0.25) is 15.0 Å². The fourth-order valence-corrected chi connectivity index (χ4v) is 2.39. The van der Waals surface area contributed by atoms with Gasteiger partial charge in [0.2, 0.25) is 0 Å². The van der Waals surface area contributed by atoms with Gasteiger partial charge in [-0.1, -0.05) is 0 Å². The molecule has 1 saturated heterocycles. The molecule has 1 aliphatic heterocycles. The molecule has 0 bridgehead atoms. The van der Waals surface area contributed by atoms with E-state index < -0.39 is 4.92 Å². The third-order valence-electron chi connectivity index (χ3n) is 3.49. The number of hydrogen-bond donors (Lipinski definition) is 0. The maximum Gasteiger partial charge on any atom is 0.325 e. The summed E-state index contributed by atoms with van der Waals surface area (Å²) in [6.07, 6.45) is 0. The lowest BCUT2D eigenvalue weighted by atomic mass is 10.1. The Balaban J connectivity index is 2.34. The van der Waals surface area contributed by atoms with E-state index in [9.17, 15) is 14.9 Å². The molecular formula is C14H19N3O4. The molecule has 0 radical (unpaired) electrons. The van der Waals surface area contributed by atoms with Crippen molar-refractivity contribution in [2.24, 2.45) is 0 Å². The summed E-state index contributed by atoms with van der Waals surface area (Å²) in [6.45, 7) is 7.00. The molecule has 7 heteroatoms. The highest BCUT2D eigenvalue weighted by Gasteiger charge is 2.36. The Morgan fingerprint density at radius 3 is 2.43 bits per heavy atom. The summed E-state index contributed by atoms with van der Waals surface area (Å²) in [5.41, 5.74) is 0.0980. The van der Waals surface area contributed by atoms with E-state index in [0.717, 1.165) is 0 Å². The topological polar surface area (TPSA) is 75.9 Å². The fourth-order valence-electron chi connectivity index (χ4n) is 2.39. The molecule has 1 heterocycles. The largest absolute Gasteiger partial charge is 0.490 e. The zero-order valence-corrected chi connectivity index (χ0v) is 12.6. The Labute approximate surface area is 123 Å². The van der Waals surface area contributed by atoms with Crippen molar-refractivity contribution in [3.8, 4) is 5.75 Å². The summed E-state index contributed by atoms with van der Waals surface area (Å²) in [5, 5.41) is 11.1. The maximum absolute atomic E-state index is 12.4. The van der Waals surface area contributed by atoms with E-state index >= 15 is 0 Å². The minimum atomic E-state index is -0.510. The molecule has 0 N–H and O–H groups in total. The molecule has 1 aliphatic rings. The minimum absolute atomic E-state index is 0.137. The summed E-state index contributed by atoms with van der Waals surface area (Å²) >= 11 is 0. The van der Waals surface area contributed by atoms with Crippen molar-refractivity contribution in [1.29, 1.82) is 0 Å². The highest BCUT2D eigenvalue weighted by Crippen LogP contribution is 2.33. The van der Waals surface area contributed by atoms with Crippen LogP contribution in [0.1, 0.15) is 20.8 Å². The Kier molecular flexibility index (Phi) is 3.76. The van der Waals surface area contributed by atoms with Gasteiger partial charge in [0, 0.05) is 24.7 Å². The first-order valence-electron chi connectivity index (χ1n) is 6.67. The molecule has 2 amide bonds. The molecule has 0 atom stereocenters. The Morgan fingerprint density at radius 2 is 1.95 bits per heavy atom. The van der Waals surface area contributed by atoms with Crippen LogP contribution in [0, 0.1) is 10.1 Å². The summed E-state index contributed by atoms with van der Waals surface area (Å²) in [5.74, 6) is 0.183. The lowest BCUT2D eigenvalue weighted by Crippen LogP contribution is -2.44. The van der Waals surface area contributed by atoms with E-state index in [1.54, 1.807) is 15.9 Å². The molecule has 2 rings (SSSR count). The lowest BCUT2D eigenvalue weighted by Gasteiger charge is -2.31. The molecule has 0 aliphatic carbocycles. The van der Waals surface area contributed by atoms with Gasteiger partial charge in [-0.15, -0.1) is 0 Å². The van der Waals surface area contributed by atoms with Gasteiger partial charge in [0.05, 0.1) is 17.7 Å². The first-order chi connectivity index (χ1) is 9.75. The molecule has 1 fully saturated rings. The van der Waals surface area contributed by atoms with Crippen LogP contribution in [-0.4, -0.2) is 41.6 Å². The number of benzene rings is 1. The van der Waals surface area contributed by atoms with E-state index in [1.165, 1.54) is 19.2 Å². The van der Waals surface area contributed by atoms with Gasteiger partial charge in [-0.05, 0) is 32.9 Å². The third kappa shape index (κ3) is 2.76. The minimum Gasteiger partial charge on any atom is -0.490 e. The summed E-state index contributed by atoms with van der Waals surface area (Å²) in [7, 11) is 1.38. The maximum atomic E-state index is 12.4. The molecule has 0 spiro atoms. The van der Waals surface area contributed by atoms with E-state index in [0.29, 0.717) is 18.8 Å². The number of ether oxygens (including phenoxy) is 1. The van der Waals surface area contributed by atoms with Gasteiger partial charge in [-0.25, -0.2) is 4.79 Å². The van der Waals surface area contributed by atoms with Crippen LogP contribution in [0.3, 0.4) is 0 Å². The molecular weight excluding hydrogens is 274 g/mol. The van der Waals surface area contributed by atoms with Gasteiger partial charge >= 0.3 is 11.7 Å². The number of amides is 2. The summed E-state index contributed by atoms with van der Waals surface area (Å²) in [6, 6.07) is 4.42. The van der Waals surface area contributed by atoms with Crippen LogP contribution in [0.15, 0.2) is 18.2 Å². The van der Waals surface area contributed by atoms with E-state index in [1.807, 2.05) is 20.8 Å². The quantitative estimate of drug-likeness (QED) is 0.634. The molecule has 0 aromatic heterocycles. The van der Waals surface area contributed by atoms with Crippen molar-refractivity contribution in [2.75, 3.05) is 25.1 Å². The fraction of sp³-hybridized carbons (Fsp3) is 0.500. The number of nitro benzene ring substituents is 1. The van der Waals surface area contributed by atoms with Gasteiger partial charge in [0.25, 0.3) is 0 Å². The zero-order chi connectivity index (χ0) is 15.8. The average molecular weight is 293 g/mol. The van der Waals surface area contributed by atoms with Gasteiger partial charge in [-0.2, -0.15) is 0 Å². The molecule has 1 aromatic rings. The highest BCUT2D eigenvalue weighted by atomic mass is 16.6. The zero-order valence-electron chi connectivity index (χ0n) is 12.6. The molecule has 0 unspecified atom stereocenters. The van der Waals surface area contributed by atoms with Crippen molar-refractivity contribution in [1.82, 2.24) is 4.90 Å². The normalized spacial score (nSPS) is 15.5. The van der Waals surface area contributed by atoms with Crippen molar-refractivity contribution < 1.29 is 14.5 Å². The van der Waals surface area contributed by atoms with Crippen LogP contribution < -0.4 is 9.64 Å². The van der Waals surface area contributed by atoms with Gasteiger partial charge < -0.3 is 9.64 Å². The molecule has 0 saturated carbocycles. The van der Waals surface area contributed by atoms with Crippen LogP contribution in [0.2, 0.25) is 0 Å². The predicted octanol–water partition coefficient (Wildman–Crippen LogP) is 2.64. The van der Waals surface area contributed by atoms with Crippen molar-refractivity contribution in [3.63, 3.8) is 0 Å². The Morgan fingerprint density at radius 1 is 1.29 bits per heavy atom. The molecule has 7 nitrogen and oxygen atoms in total. The second kappa shape index (κ2) is 5.23. The average Bonchev–Trinajstić information content (AvgIpc) is 2.79. The van der Waals surface area contributed by atoms with Crippen LogP contribution in [0.4, 0.5) is 16.2 Å². The second-order valence-electron chi connectivity index (χ2n) is 5.87. The Hall–Kier alpha value is -2.31. The summed E-state index contributed by atoms with van der Waals surface area (Å²) < 4.78 is 4.97. The summed E-state index contributed by atoms with van der Waals surface area (Å²) in [4.78, 5) is 26.3. The standard InChI is InChI=1S/C14H19N3O4/c1-14(2,3)16-8-7-15(13(16)18)10-5-6-12(21-4)11(9-10)17(19)20/h5-6,9H,7-8H2,1-4H3. The van der Waals surface area contributed by atoms with E-state index in [4.69, 9.17) is 4.74 Å². The number of urea groups is 1. The smallest absolute Gasteiger partial charge is 0.325 e. The van der Waals surface area contributed by atoms with Gasteiger partial charge in [0.1, 0.15) is 0 Å². The van der Waals surface area contributed by atoms with Crippen molar-refractivity contribution >= 4 is 17.4 Å². The lowest BCUT2D eigenvalue weighted by molar-refractivity contribution is -0.385. The van der Waals surface area contributed by atoms with Crippen molar-refractivity contribution in [2.45, 2.75) is 26.3 Å². The number of methoxy groups -OCH3 is 1. The second-order valence-corrected chi connectivity index (χ2v) is 5.87. The number of carbonyl (C=O) groups excluding carboxylic acids is 1. The number of nitro groups is 1. The first-order valence-corrected chi connectivity index (χ1v) is 6.67. The number of hydrogen-bond acceptors (Lipinski definition) is 4. The monoisotopic (exact) mass is 293 g/mol. The third-order valence-corrected chi connectivity index (χ3v) is 3.49. The number of carbonyl (C=O) groups is 1. The molecule has 1 aromatic carbocycles. The number of anilines is 1. The number of nitrogens with zero attached hydrogens (tertiary/aromatic N) is 3. The van der Waals surface area contributed by atoms with Gasteiger partial charge in [0.15, 0.2) is 5.75 Å². The van der Waals surface area contributed by atoms with Crippen LogP contribution >= 0.6 is 0 Å². The first kappa shape index (κ1) is 15.1. The predicted molar refractivity (Wildman–Crippen MR) is 78.8 cm³/mol. The Bertz CT molecular complexity index is 580. The molecule has 114 valence electrons.